The van der Waals surface area contributed by atoms with Crippen molar-refractivity contribution < 1.29 is 14.3 Å². The molecule has 8 atom stereocenters. The lowest BCUT2D eigenvalue weighted by Crippen LogP contribution is -2.65. The molecule has 0 aromatic carbocycles. The predicted octanol–water partition coefficient (Wildman–Crippen LogP) is 9.98. The molecule has 0 heterocycles. The van der Waals surface area contributed by atoms with E-state index in [1.54, 1.807) is 0 Å². The molecule has 0 aliphatic heterocycles. The fourth-order valence-electron chi connectivity index (χ4n) is 15.5. The summed E-state index contributed by atoms with van der Waals surface area (Å²) >= 11 is 0. The summed E-state index contributed by atoms with van der Waals surface area (Å²) in [6, 6.07) is 1.91. The molecular formula is C38H66O3Si2. The maximum Gasteiger partial charge on any atom is 0.185 e. The van der Waals surface area contributed by atoms with Gasteiger partial charge in [0.25, 0.3) is 0 Å². The third kappa shape index (κ3) is 3.49. The molecule has 8 unspecified atom stereocenters. The fourth-order valence-corrected chi connectivity index (χ4v) is 30.0. The minimum absolute atomic E-state index is 0.0160. The van der Waals surface area contributed by atoms with Gasteiger partial charge in [0.2, 0.25) is 0 Å². The van der Waals surface area contributed by atoms with Crippen LogP contribution in [0.3, 0.4) is 0 Å². The van der Waals surface area contributed by atoms with Crippen LogP contribution in [0.25, 0.3) is 0 Å². The van der Waals surface area contributed by atoms with Gasteiger partial charge in [-0.3, -0.25) is 0 Å². The second kappa shape index (κ2) is 8.66. The topological polar surface area (TPSA) is 49.7 Å². The third-order valence-corrected chi connectivity index (χ3v) is 31.5. The first-order valence-electron chi connectivity index (χ1n) is 19.0. The molecule has 8 saturated carbocycles. The SMILES string of the molecule is CC1(C)C2CCC1(C)C(O)(C[Si](C)(O[Si](C)(CC1(O)CC3CCC1(C)C3(C)C)C13CCC(CC1)C3)C13CCC(CC1)C3)C2. The summed E-state index contributed by atoms with van der Waals surface area (Å²) in [6.07, 6.45) is 20.6. The van der Waals surface area contributed by atoms with E-state index in [-0.39, 0.29) is 21.7 Å². The number of fused-ring (bicyclic) bond motifs is 8. The van der Waals surface area contributed by atoms with Gasteiger partial charge in [-0.1, -0.05) is 67.2 Å². The monoisotopic (exact) mass is 626 g/mol. The Bertz CT molecular complexity index is 1090. The molecule has 3 nitrogen and oxygen atoms in total. The molecule has 244 valence electrons. The van der Waals surface area contributed by atoms with Crippen LogP contribution in [0, 0.1) is 45.3 Å². The molecule has 2 N–H and O–H groups in total. The van der Waals surface area contributed by atoms with Gasteiger partial charge in [-0.05, 0) is 147 Å². The zero-order valence-corrected chi connectivity index (χ0v) is 31.3. The fraction of sp³-hybridized carbons (Fsp3) is 1.00. The molecule has 0 amide bonds. The lowest BCUT2D eigenvalue weighted by Gasteiger charge is -2.59. The van der Waals surface area contributed by atoms with Gasteiger partial charge in [-0.25, -0.2) is 0 Å². The van der Waals surface area contributed by atoms with E-state index in [0.29, 0.717) is 21.9 Å². The molecule has 43 heavy (non-hydrogen) atoms. The van der Waals surface area contributed by atoms with Crippen molar-refractivity contribution in [1.82, 2.24) is 0 Å². The number of rotatable bonds is 8. The van der Waals surface area contributed by atoms with Crippen LogP contribution in [-0.2, 0) is 4.12 Å². The van der Waals surface area contributed by atoms with Crippen molar-refractivity contribution in [3.63, 3.8) is 0 Å². The summed E-state index contributed by atoms with van der Waals surface area (Å²) in [5.74, 6) is 3.06. The molecule has 0 radical (unpaired) electrons. The predicted molar refractivity (Wildman–Crippen MR) is 181 cm³/mol. The zero-order valence-electron chi connectivity index (χ0n) is 29.3. The van der Waals surface area contributed by atoms with Gasteiger partial charge in [0, 0.05) is 10.8 Å². The first kappa shape index (κ1) is 30.6. The van der Waals surface area contributed by atoms with Crippen molar-refractivity contribution in [3.05, 3.63) is 0 Å². The minimum Gasteiger partial charge on any atom is -0.454 e. The maximum absolute atomic E-state index is 13.0. The lowest BCUT2D eigenvalue weighted by molar-refractivity contribution is -0.0794. The van der Waals surface area contributed by atoms with Gasteiger partial charge < -0.3 is 14.3 Å². The third-order valence-electron chi connectivity index (χ3n) is 19.5. The zero-order chi connectivity index (χ0) is 30.7. The second-order valence-electron chi connectivity index (χ2n) is 20.8. The molecule has 0 aromatic rings. The smallest absolute Gasteiger partial charge is 0.185 e. The highest BCUT2D eigenvalue weighted by Gasteiger charge is 2.75. The summed E-state index contributed by atoms with van der Waals surface area (Å²) in [5.41, 5.74) is -0.840. The van der Waals surface area contributed by atoms with Gasteiger partial charge in [0.15, 0.2) is 16.6 Å². The molecule has 8 aliphatic carbocycles. The van der Waals surface area contributed by atoms with Gasteiger partial charge in [-0.2, -0.15) is 0 Å². The summed E-state index contributed by atoms with van der Waals surface area (Å²) in [7, 11) is -4.88. The van der Waals surface area contributed by atoms with Crippen LogP contribution in [0.4, 0.5) is 0 Å². The first-order valence-corrected chi connectivity index (χ1v) is 24.2. The molecular weight excluding hydrogens is 561 g/mol. The minimum atomic E-state index is -2.44. The first-order chi connectivity index (χ1) is 19.8. The van der Waals surface area contributed by atoms with Crippen molar-refractivity contribution in [1.29, 1.82) is 0 Å². The Morgan fingerprint density at radius 1 is 0.535 bits per heavy atom. The van der Waals surface area contributed by atoms with E-state index in [1.165, 1.54) is 89.9 Å². The van der Waals surface area contributed by atoms with Gasteiger partial charge in [0.1, 0.15) is 0 Å². The van der Waals surface area contributed by atoms with Crippen LogP contribution in [0.2, 0.25) is 35.3 Å². The Kier molecular flexibility index (Phi) is 6.17. The molecule has 0 saturated heterocycles. The largest absolute Gasteiger partial charge is 0.454 e. The summed E-state index contributed by atoms with van der Waals surface area (Å²) in [6.45, 7) is 20.2. The molecule has 8 aliphatic rings. The van der Waals surface area contributed by atoms with Gasteiger partial charge in [0.05, 0.1) is 11.2 Å². The Morgan fingerprint density at radius 2 is 0.884 bits per heavy atom. The number of hydrogen-bond donors (Lipinski definition) is 2. The Balaban J connectivity index is 1.22. The van der Waals surface area contributed by atoms with Crippen LogP contribution in [0.15, 0.2) is 0 Å². The van der Waals surface area contributed by atoms with E-state index in [0.717, 1.165) is 36.8 Å². The molecule has 5 heteroatoms. The highest BCUT2D eigenvalue weighted by Crippen LogP contribution is 2.77. The Morgan fingerprint density at radius 3 is 1.12 bits per heavy atom. The summed E-state index contributed by atoms with van der Waals surface area (Å²) in [5, 5.41) is 26.7. The average molecular weight is 627 g/mol. The Hall–Kier alpha value is 0.314. The van der Waals surface area contributed by atoms with Gasteiger partial charge >= 0.3 is 0 Å². The van der Waals surface area contributed by atoms with E-state index in [9.17, 15) is 10.2 Å². The molecule has 0 spiro atoms. The highest BCUT2D eigenvalue weighted by atomic mass is 28.4. The standard InChI is InChI=1S/C38H66O3Si2/c1-31(2)29-13-15-33(31,5)37(39,23-29)25-42(7,35-17-9-27(21-35)10-18-35)41-43(8,36-19-11-28(22-36)12-20-36)26-38(40)24-30-14-16-34(38,6)32(30,3)4/h27-30,39-40H,9-26H2,1-8H3. The second-order valence-corrected chi connectivity index (χ2v) is 29.4. The van der Waals surface area contributed by atoms with Crippen molar-refractivity contribution >= 4 is 16.6 Å². The molecule has 8 fully saturated rings. The Labute approximate surface area is 266 Å². The van der Waals surface area contributed by atoms with Crippen LogP contribution < -0.4 is 0 Å². The van der Waals surface area contributed by atoms with E-state index in [1.807, 2.05) is 0 Å². The van der Waals surface area contributed by atoms with Crippen LogP contribution in [0.5, 0.6) is 0 Å². The van der Waals surface area contributed by atoms with E-state index in [2.05, 4.69) is 54.6 Å². The van der Waals surface area contributed by atoms with Crippen molar-refractivity contribution in [2.75, 3.05) is 0 Å². The van der Waals surface area contributed by atoms with Gasteiger partial charge in [-0.15, -0.1) is 0 Å². The number of hydrogen-bond acceptors (Lipinski definition) is 3. The van der Waals surface area contributed by atoms with Crippen LogP contribution in [0.1, 0.15) is 144 Å². The van der Waals surface area contributed by atoms with E-state index in [4.69, 9.17) is 4.12 Å². The van der Waals surface area contributed by atoms with E-state index < -0.39 is 27.8 Å². The average Bonchev–Trinajstić information content (AvgIpc) is 3.78. The normalized spacial score (nSPS) is 56.2. The lowest BCUT2D eigenvalue weighted by atomic mass is 9.65. The van der Waals surface area contributed by atoms with Crippen molar-refractivity contribution in [2.45, 2.75) is 191 Å². The molecule has 8 rings (SSSR count). The maximum atomic E-state index is 13.0. The number of aliphatic hydroxyl groups is 2. The highest BCUT2D eigenvalue weighted by molar-refractivity contribution is 6.89. The van der Waals surface area contributed by atoms with Crippen LogP contribution >= 0.6 is 0 Å². The quantitative estimate of drug-likeness (QED) is 0.264. The summed E-state index contributed by atoms with van der Waals surface area (Å²) < 4.78 is 8.49. The van der Waals surface area contributed by atoms with E-state index >= 15 is 0 Å². The van der Waals surface area contributed by atoms with Crippen molar-refractivity contribution in [2.24, 2.45) is 45.3 Å². The van der Waals surface area contributed by atoms with Crippen molar-refractivity contribution in [3.8, 4) is 0 Å². The molecule has 8 bridgehead atoms. The molecule has 0 aromatic heterocycles. The van der Waals surface area contributed by atoms with Crippen LogP contribution in [-0.4, -0.2) is 38.0 Å². The summed E-state index contributed by atoms with van der Waals surface area (Å²) in [4.78, 5) is 0.